The summed E-state index contributed by atoms with van der Waals surface area (Å²) in [5.41, 5.74) is 2.26. The van der Waals surface area contributed by atoms with Crippen molar-refractivity contribution in [1.82, 2.24) is 5.43 Å². The average Bonchev–Trinajstić information content (AvgIpc) is 2.74. The molecule has 8 nitrogen and oxygen atoms in total. The predicted molar refractivity (Wildman–Crippen MR) is 124 cm³/mol. The van der Waals surface area contributed by atoms with Crippen LogP contribution < -0.4 is 10.2 Å². The number of nitro groups is 1. The Kier molecular flexibility index (Phi) is 7.57. The van der Waals surface area contributed by atoms with Gasteiger partial charge in [-0.3, -0.25) is 14.9 Å². The third-order valence-electron chi connectivity index (χ3n) is 4.04. The van der Waals surface area contributed by atoms with E-state index in [4.69, 9.17) is 27.9 Å². The SMILES string of the molecule is O=C(Oc1c(/C=N/NC(=O)c2ccc(Cl)cc2Cl)cccc1[N+](=O)[O-])c1ccc(Br)cc1. The van der Waals surface area contributed by atoms with Gasteiger partial charge in [-0.2, -0.15) is 5.10 Å². The molecule has 0 bridgehead atoms. The number of benzene rings is 3. The van der Waals surface area contributed by atoms with Gasteiger partial charge in [0.05, 0.1) is 27.3 Å². The van der Waals surface area contributed by atoms with Gasteiger partial charge < -0.3 is 4.74 Å². The molecule has 3 aromatic rings. The highest BCUT2D eigenvalue weighted by molar-refractivity contribution is 9.10. The molecule has 0 saturated carbocycles. The van der Waals surface area contributed by atoms with Crippen LogP contribution >= 0.6 is 39.1 Å². The molecule has 1 amide bonds. The second-order valence-corrected chi connectivity index (χ2v) is 7.93. The fraction of sp³-hybridized carbons (Fsp3) is 0. The van der Waals surface area contributed by atoms with E-state index in [1.54, 1.807) is 12.1 Å². The molecule has 0 atom stereocenters. The molecule has 0 heterocycles. The van der Waals surface area contributed by atoms with Gasteiger partial charge in [-0.1, -0.05) is 45.2 Å². The monoisotopic (exact) mass is 535 g/mol. The second kappa shape index (κ2) is 10.4. The van der Waals surface area contributed by atoms with Gasteiger partial charge in [0.1, 0.15) is 0 Å². The molecule has 3 rings (SSSR count). The fourth-order valence-corrected chi connectivity index (χ4v) is 3.29. The molecule has 0 unspecified atom stereocenters. The Morgan fingerprint density at radius 2 is 1.81 bits per heavy atom. The molecule has 162 valence electrons. The summed E-state index contributed by atoms with van der Waals surface area (Å²) in [4.78, 5) is 35.5. The van der Waals surface area contributed by atoms with Gasteiger partial charge in [0.2, 0.25) is 5.75 Å². The zero-order valence-electron chi connectivity index (χ0n) is 15.9. The first kappa shape index (κ1) is 23.4. The number of rotatable bonds is 6. The van der Waals surface area contributed by atoms with Crippen LogP contribution in [0.1, 0.15) is 26.3 Å². The summed E-state index contributed by atoms with van der Waals surface area (Å²) in [6, 6.07) is 14.6. The molecule has 0 aliphatic carbocycles. The van der Waals surface area contributed by atoms with Gasteiger partial charge in [-0.15, -0.1) is 0 Å². The number of hydrogen-bond donors (Lipinski definition) is 1. The molecule has 3 aromatic carbocycles. The zero-order valence-corrected chi connectivity index (χ0v) is 19.0. The minimum absolute atomic E-state index is 0.104. The number of amides is 1. The summed E-state index contributed by atoms with van der Waals surface area (Å²) in [7, 11) is 0. The summed E-state index contributed by atoms with van der Waals surface area (Å²) in [6.07, 6.45) is 1.12. The molecule has 0 spiro atoms. The first-order valence-electron chi connectivity index (χ1n) is 8.80. The number of hydrazone groups is 1. The van der Waals surface area contributed by atoms with Crippen LogP contribution in [0.15, 0.2) is 70.2 Å². The summed E-state index contributed by atoms with van der Waals surface area (Å²) in [5, 5.41) is 15.7. The van der Waals surface area contributed by atoms with Crippen molar-refractivity contribution in [2.24, 2.45) is 5.10 Å². The van der Waals surface area contributed by atoms with Gasteiger partial charge in [-0.05, 0) is 48.5 Å². The maximum absolute atomic E-state index is 12.5. The number of carbonyl (C=O) groups excluding carboxylic acids is 2. The Balaban J connectivity index is 1.85. The quantitative estimate of drug-likeness (QED) is 0.144. The number of ether oxygens (including phenoxy) is 1. The van der Waals surface area contributed by atoms with Crippen molar-refractivity contribution >= 4 is 62.9 Å². The highest BCUT2D eigenvalue weighted by Crippen LogP contribution is 2.31. The summed E-state index contributed by atoms with van der Waals surface area (Å²) in [5.74, 6) is -1.73. The van der Waals surface area contributed by atoms with Crippen LogP contribution in [0.5, 0.6) is 5.75 Å². The lowest BCUT2D eigenvalue weighted by Crippen LogP contribution is -2.18. The highest BCUT2D eigenvalue weighted by Gasteiger charge is 2.22. The van der Waals surface area contributed by atoms with Gasteiger partial charge >= 0.3 is 11.7 Å². The first-order valence-corrected chi connectivity index (χ1v) is 10.3. The zero-order chi connectivity index (χ0) is 23.3. The Hall–Kier alpha value is -3.27. The van der Waals surface area contributed by atoms with Crippen molar-refractivity contribution in [2.75, 3.05) is 0 Å². The van der Waals surface area contributed by atoms with E-state index >= 15 is 0 Å². The van der Waals surface area contributed by atoms with Crippen LogP contribution in [0.3, 0.4) is 0 Å². The third kappa shape index (κ3) is 5.70. The number of hydrogen-bond acceptors (Lipinski definition) is 6. The van der Waals surface area contributed by atoms with Crippen LogP contribution in [-0.2, 0) is 0 Å². The van der Waals surface area contributed by atoms with Crippen molar-refractivity contribution in [3.63, 3.8) is 0 Å². The van der Waals surface area contributed by atoms with Crippen molar-refractivity contribution in [2.45, 2.75) is 0 Å². The minimum atomic E-state index is -0.793. The highest BCUT2D eigenvalue weighted by atomic mass is 79.9. The van der Waals surface area contributed by atoms with Crippen LogP contribution in [0.4, 0.5) is 5.69 Å². The minimum Gasteiger partial charge on any atom is -0.415 e. The molecule has 32 heavy (non-hydrogen) atoms. The van der Waals surface area contributed by atoms with E-state index in [0.29, 0.717) is 5.02 Å². The average molecular weight is 537 g/mol. The van der Waals surface area contributed by atoms with Crippen molar-refractivity contribution in [3.8, 4) is 5.75 Å². The van der Waals surface area contributed by atoms with Gasteiger partial charge in [0, 0.05) is 21.1 Å². The van der Waals surface area contributed by atoms with E-state index in [-0.39, 0.29) is 27.5 Å². The summed E-state index contributed by atoms with van der Waals surface area (Å²) in [6.45, 7) is 0. The van der Waals surface area contributed by atoms with E-state index in [1.165, 1.54) is 48.5 Å². The molecule has 0 fully saturated rings. The largest absolute Gasteiger partial charge is 0.415 e. The first-order chi connectivity index (χ1) is 15.3. The molecule has 0 radical (unpaired) electrons. The topological polar surface area (TPSA) is 111 Å². The van der Waals surface area contributed by atoms with E-state index in [1.807, 2.05) is 0 Å². The number of halogens is 3. The van der Waals surface area contributed by atoms with Crippen molar-refractivity contribution in [1.29, 1.82) is 0 Å². The molecule has 0 saturated heterocycles. The molecular formula is C21H12BrCl2N3O5. The number of para-hydroxylation sites is 1. The predicted octanol–water partition coefficient (Wildman–Crippen LogP) is 5.65. The molecule has 0 aliphatic rings. The Labute approximate surface area is 200 Å². The normalized spacial score (nSPS) is 10.7. The number of nitro benzene ring substituents is 1. The van der Waals surface area contributed by atoms with Crippen LogP contribution in [0.2, 0.25) is 10.0 Å². The van der Waals surface area contributed by atoms with Crippen LogP contribution in [-0.4, -0.2) is 23.0 Å². The maximum Gasteiger partial charge on any atom is 0.343 e. The maximum atomic E-state index is 12.5. The van der Waals surface area contributed by atoms with Crippen LogP contribution in [0.25, 0.3) is 0 Å². The molecular weight excluding hydrogens is 525 g/mol. The van der Waals surface area contributed by atoms with Crippen molar-refractivity contribution in [3.05, 3.63) is 102 Å². The van der Waals surface area contributed by atoms with E-state index in [2.05, 4.69) is 26.5 Å². The van der Waals surface area contributed by atoms with E-state index in [9.17, 15) is 19.7 Å². The Morgan fingerprint density at radius 3 is 2.47 bits per heavy atom. The molecule has 11 heteroatoms. The van der Waals surface area contributed by atoms with Gasteiger partial charge in [0.25, 0.3) is 5.91 Å². The number of carbonyl (C=O) groups is 2. The summed E-state index contributed by atoms with van der Waals surface area (Å²) >= 11 is 15.1. The molecule has 0 aromatic heterocycles. The number of nitrogens with zero attached hydrogens (tertiary/aromatic N) is 2. The molecule has 0 aliphatic heterocycles. The smallest absolute Gasteiger partial charge is 0.343 e. The van der Waals surface area contributed by atoms with Crippen molar-refractivity contribution < 1.29 is 19.2 Å². The Bertz CT molecular complexity index is 1230. The lowest BCUT2D eigenvalue weighted by Gasteiger charge is -2.08. The third-order valence-corrected chi connectivity index (χ3v) is 5.12. The lowest BCUT2D eigenvalue weighted by molar-refractivity contribution is -0.385. The number of esters is 1. The van der Waals surface area contributed by atoms with E-state index < -0.39 is 22.5 Å². The lowest BCUT2D eigenvalue weighted by atomic mass is 10.2. The molecule has 1 N–H and O–H groups in total. The van der Waals surface area contributed by atoms with Gasteiger partial charge in [-0.25, -0.2) is 10.2 Å². The standard InChI is InChI=1S/C21H12BrCl2N3O5/c22-14-6-4-12(5-7-14)21(29)32-19-13(2-1-3-18(19)27(30)31)11-25-26-20(28)16-9-8-15(23)10-17(16)24/h1-11H,(H,26,28)/b25-11+. The fourth-order valence-electron chi connectivity index (χ4n) is 2.53. The number of nitrogens with one attached hydrogen (secondary N) is 1. The van der Waals surface area contributed by atoms with Gasteiger partial charge in [0.15, 0.2) is 0 Å². The second-order valence-electron chi connectivity index (χ2n) is 6.17. The summed E-state index contributed by atoms with van der Waals surface area (Å²) < 4.78 is 6.06. The van der Waals surface area contributed by atoms with Crippen LogP contribution in [0, 0.1) is 10.1 Å². The van der Waals surface area contributed by atoms with E-state index in [0.717, 1.165) is 10.7 Å². The Morgan fingerprint density at radius 1 is 1.09 bits per heavy atom.